The number of piperidine rings is 1. The number of urea groups is 1. The number of benzene rings is 1. The molecule has 0 spiro atoms. The van der Waals surface area contributed by atoms with E-state index in [1.807, 2.05) is 6.07 Å². The Bertz CT molecular complexity index is 521. The molecule has 2 rings (SSSR count). The van der Waals surface area contributed by atoms with Crippen LogP contribution in [0, 0.1) is 11.8 Å². The third-order valence-electron chi connectivity index (χ3n) is 5.12. The van der Waals surface area contributed by atoms with E-state index in [2.05, 4.69) is 60.6 Å². The van der Waals surface area contributed by atoms with Gasteiger partial charge in [0.2, 0.25) is 0 Å². The van der Waals surface area contributed by atoms with Crippen molar-refractivity contribution in [1.82, 2.24) is 15.5 Å². The lowest BCUT2D eigenvalue weighted by atomic mass is 9.93. The van der Waals surface area contributed by atoms with Crippen LogP contribution in [0.3, 0.4) is 0 Å². The summed E-state index contributed by atoms with van der Waals surface area (Å²) in [5.41, 5.74) is 1.34. The van der Waals surface area contributed by atoms with Gasteiger partial charge in [0, 0.05) is 38.3 Å². The van der Waals surface area contributed by atoms with Crippen molar-refractivity contribution in [3.05, 3.63) is 35.9 Å². The maximum atomic E-state index is 12.3. The Morgan fingerprint density at radius 1 is 1.32 bits per heavy atom. The van der Waals surface area contributed by atoms with Crippen molar-refractivity contribution in [2.45, 2.75) is 52.2 Å². The first-order chi connectivity index (χ1) is 12.0. The lowest BCUT2D eigenvalue weighted by molar-refractivity contribution is 0.140. The van der Waals surface area contributed by atoms with Crippen LogP contribution < -0.4 is 10.6 Å². The second-order valence-electron chi connectivity index (χ2n) is 7.57. The normalized spacial score (nSPS) is 22.6. The van der Waals surface area contributed by atoms with Gasteiger partial charge < -0.3 is 15.7 Å². The summed E-state index contributed by atoms with van der Waals surface area (Å²) in [5, 5.41) is 15.3. The molecule has 2 amide bonds. The van der Waals surface area contributed by atoms with E-state index in [4.69, 9.17) is 5.11 Å². The topological polar surface area (TPSA) is 64.6 Å². The van der Waals surface area contributed by atoms with E-state index < -0.39 is 0 Å². The number of hydrogen-bond acceptors (Lipinski definition) is 3. The fraction of sp³-hybridized carbons (Fsp3) is 0.650. The summed E-state index contributed by atoms with van der Waals surface area (Å²) in [6, 6.07) is 10.6. The summed E-state index contributed by atoms with van der Waals surface area (Å²) in [6.45, 7) is 9.37. The maximum Gasteiger partial charge on any atom is 0.315 e. The van der Waals surface area contributed by atoms with Gasteiger partial charge in [-0.05, 0) is 30.2 Å². The molecule has 1 heterocycles. The van der Waals surface area contributed by atoms with Gasteiger partial charge in [-0.3, -0.25) is 4.90 Å². The molecule has 0 aliphatic carbocycles. The fourth-order valence-electron chi connectivity index (χ4n) is 3.52. The van der Waals surface area contributed by atoms with Gasteiger partial charge in [0.1, 0.15) is 0 Å². The van der Waals surface area contributed by atoms with Crippen LogP contribution in [-0.4, -0.2) is 47.8 Å². The van der Waals surface area contributed by atoms with Gasteiger partial charge in [-0.25, -0.2) is 4.79 Å². The minimum Gasteiger partial charge on any atom is -0.396 e. The van der Waals surface area contributed by atoms with Gasteiger partial charge >= 0.3 is 6.03 Å². The predicted octanol–water partition coefficient (Wildman–Crippen LogP) is 2.60. The second-order valence-corrected chi connectivity index (χ2v) is 7.57. The van der Waals surface area contributed by atoms with Crippen LogP contribution in [0.4, 0.5) is 4.79 Å². The second kappa shape index (κ2) is 9.78. The molecule has 5 nitrogen and oxygen atoms in total. The number of hydrogen-bond donors (Lipinski definition) is 3. The highest BCUT2D eigenvalue weighted by Gasteiger charge is 2.28. The van der Waals surface area contributed by atoms with Crippen molar-refractivity contribution in [3.63, 3.8) is 0 Å². The van der Waals surface area contributed by atoms with E-state index in [1.165, 1.54) is 5.56 Å². The van der Waals surface area contributed by atoms with E-state index >= 15 is 0 Å². The number of carbonyl (C=O) groups is 1. The molecule has 0 saturated carbocycles. The van der Waals surface area contributed by atoms with Crippen molar-refractivity contribution in [2.24, 2.45) is 11.8 Å². The molecule has 1 aliphatic rings. The molecule has 3 unspecified atom stereocenters. The highest BCUT2D eigenvalue weighted by molar-refractivity contribution is 5.74. The van der Waals surface area contributed by atoms with Crippen LogP contribution in [-0.2, 0) is 6.54 Å². The van der Waals surface area contributed by atoms with Crippen molar-refractivity contribution < 1.29 is 9.90 Å². The molecule has 0 radical (unpaired) electrons. The van der Waals surface area contributed by atoms with E-state index in [-0.39, 0.29) is 24.7 Å². The summed E-state index contributed by atoms with van der Waals surface area (Å²) >= 11 is 0. The number of aliphatic hydroxyl groups excluding tert-OH is 1. The molecule has 0 bridgehead atoms. The third-order valence-corrected chi connectivity index (χ3v) is 5.12. The number of carbonyl (C=O) groups excluding carboxylic acids is 1. The number of likely N-dealkylation sites (tertiary alicyclic amines) is 1. The van der Waals surface area contributed by atoms with Gasteiger partial charge in [0.05, 0.1) is 0 Å². The first kappa shape index (κ1) is 19.7. The predicted molar refractivity (Wildman–Crippen MR) is 101 cm³/mol. The SMILES string of the molecule is CC(C)C(CCO)NC(=O)NC1CCN(Cc2ccccc2)CC1C. The van der Waals surface area contributed by atoms with E-state index in [0.717, 1.165) is 26.1 Å². The number of rotatable bonds is 7. The largest absolute Gasteiger partial charge is 0.396 e. The van der Waals surface area contributed by atoms with E-state index in [9.17, 15) is 4.79 Å². The standard InChI is InChI=1S/C20H33N3O2/c1-15(2)18(10-12-24)21-20(25)22-19-9-11-23(13-16(19)3)14-17-7-5-4-6-8-17/h4-8,15-16,18-19,24H,9-14H2,1-3H3,(H2,21,22,25). The summed E-state index contributed by atoms with van der Waals surface area (Å²) in [4.78, 5) is 14.8. The van der Waals surface area contributed by atoms with Crippen molar-refractivity contribution in [1.29, 1.82) is 0 Å². The van der Waals surface area contributed by atoms with Gasteiger partial charge in [-0.1, -0.05) is 51.1 Å². The van der Waals surface area contributed by atoms with E-state index in [1.54, 1.807) is 0 Å². The average Bonchev–Trinajstić information content (AvgIpc) is 2.58. The quantitative estimate of drug-likeness (QED) is 0.710. The number of amides is 2. The summed E-state index contributed by atoms with van der Waals surface area (Å²) in [5.74, 6) is 0.724. The van der Waals surface area contributed by atoms with Crippen LogP contribution in [0.2, 0.25) is 0 Å². The lowest BCUT2D eigenvalue weighted by Crippen LogP contribution is -2.54. The zero-order valence-corrected chi connectivity index (χ0v) is 15.7. The molecule has 5 heteroatoms. The fourth-order valence-corrected chi connectivity index (χ4v) is 3.52. The number of nitrogens with zero attached hydrogens (tertiary/aromatic N) is 1. The molecule has 3 atom stereocenters. The highest BCUT2D eigenvalue weighted by Crippen LogP contribution is 2.19. The Labute approximate surface area is 151 Å². The minimum atomic E-state index is -0.111. The molecule has 1 aliphatic heterocycles. The van der Waals surface area contributed by atoms with Crippen molar-refractivity contribution in [3.8, 4) is 0 Å². The molecule has 140 valence electrons. The van der Waals surface area contributed by atoms with Gasteiger partial charge in [-0.15, -0.1) is 0 Å². The Morgan fingerprint density at radius 2 is 2.04 bits per heavy atom. The maximum absolute atomic E-state index is 12.3. The first-order valence-electron chi connectivity index (χ1n) is 9.43. The molecule has 1 fully saturated rings. The zero-order chi connectivity index (χ0) is 18.2. The Balaban J connectivity index is 1.79. The van der Waals surface area contributed by atoms with Crippen LogP contribution in [0.1, 0.15) is 39.2 Å². The highest BCUT2D eigenvalue weighted by atomic mass is 16.3. The monoisotopic (exact) mass is 347 g/mol. The Morgan fingerprint density at radius 3 is 2.64 bits per heavy atom. The summed E-state index contributed by atoms with van der Waals surface area (Å²) < 4.78 is 0. The third kappa shape index (κ3) is 6.33. The summed E-state index contributed by atoms with van der Waals surface area (Å²) in [7, 11) is 0. The molecule has 1 saturated heterocycles. The molecule has 25 heavy (non-hydrogen) atoms. The molecular weight excluding hydrogens is 314 g/mol. The van der Waals surface area contributed by atoms with Crippen LogP contribution in [0.5, 0.6) is 0 Å². The first-order valence-corrected chi connectivity index (χ1v) is 9.43. The van der Waals surface area contributed by atoms with Gasteiger partial charge in [0.25, 0.3) is 0 Å². The van der Waals surface area contributed by atoms with Crippen LogP contribution >= 0.6 is 0 Å². The lowest BCUT2D eigenvalue weighted by Gasteiger charge is -2.37. The van der Waals surface area contributed by atoms with Crippen molar-refractivity contribution in [2.75, 3.05) is 19.7 Å². The number of aliphatic hydroxyl groups is 1. The number of nitrogens with one attached hydrogen (secondary N) is 2. The van der Waals surface area contributed by atoms with Crippen LogP contribution in [0.15, 0.2) is 30.3 Å². The minimum absolute atomic E-state index is 0.0125. The molecule has 1 aromatic carbocycles. The molecule has 1 aromatic rings. The zero-order valence-electron chi connectivity index (χ0n) is 15.7. The molecular formula is C20H33N3O2. The molecule has 0 aromatic heterocycles. The van der Waals surface area contributed by atoms with Crippen molar-refractivity contribution >= 4 is 6.03 Å². The molecule has 3 N–H and O–H groups in total. The smallest absolute Gasteiger partial charge is 0.315 e. The van der Waals surface area contributed by atoms with Gasteiger partial charge in [0.15, 0.2) is 0 Å². The van der Waals surface area contributed by atoms with Gasteiger partial charge in [-0.2, -0.15) is 0 Å². The average molecular weight is 348 g/mol. The Hall–Kier alpha value is -1.59. The summed E-state index contributed by atoms with van der Waals surface area (Å²) in [6.07, 6.45) is 1.56. The Kier molecular flexibility index (Phi) is 7.72. The van der Waals surface area contributed by atoms with Crippen LogP contribution in [0.25, 0.3) is 0 Å². The van der Waals surface area contributed by atoms with E-state index in [0.29, 0.717) is 18.3 Å².